The third-order valence-electron chi connectivity index (χ3n) is 10.6. The Morgan fingerprint density at radius 3 is 0.746 bits per heavy atom. The van der Waals surface area contributed by atoms with Gasteiger partial charge in [-0.1, -0.05) is 91.0 Å². The first-order valence-electron chi connectivity index (χ1n) is 19.0. The van der Waals surface area contributed by atoms with E-state index in [4.69, 9.17) is 15.0 Å². The largest absolute Gasteiger partial charge is 0.294 e. The number of aromatic nitrogens is 6. The van der Waals surface area contributed by atoms with Crippen LogP contribution >= 0.6 is 0 Å². The molecule has 0 saturated carbocycles. The van der Waals surface area contributed by atoms with Gasteiger partial charge in [0.05, 0.1) is 14.7 Å². The lowest BCUT2D eigenvalue weighted by Gasteiger charge is -2.13. The van der Waals surface area contributed by atoms with Gasteiger partial charge < -0.3 is 0 Å². The van der Waals surface area contributed by atoms with Crippen molar-refractivity contribution in [3.05, 3.63) is 164 Å². The zero-order chi connectivity index (χ0) is 43.8. The number of fused-ring (bicyclic) bond motifs is 6. The van der Waals surface area contributed by atoms with Crippen LogP contribution in [0.4, 0.5) is 0 Å². The molecule has 0 unspecified atom stereocenters. The van der Waals surface area contributed by atoms with Crippen LogP contribution in [0, 0.1) is 0 Å². The van der Waals surface area contributed by atoms with Crippen molar-refractivity contribution in [3.63, 3.8) is 0 Å². The van der Waals surface area contributed by atoms with Crippen molar-refractivity contribution >= 4 is 63.5 Å². The van der Waals surface area contributed by atoms with Gasteiger partial charge in [-0.3, -0.25) is 27.4 Å². The lowest BCUT2D eigenvalue weighted by Crippen LogP contribution is -2.02. The van der Waals surface area contributed by atoms with Crippen LogP contribution < -0.4 is 0 Å². The standard InChI is InChI=1S/C45H30N6O9S3/c52-61(53,54)34-22-16-31(17-23-34)49-40-37(46-43(49)28-10-4-1-5-11-28)41-39(48-45(30-14-8-3-9-15-30)50(41)32-18-24-35(25-19-32)62(55,56)57)42-38(40)47-44(29-12-6-2-7-13-29)51(42)33-20-26-36(27-21-33)63(58,59)60/h1-27H,(H,52,53,54)(H,55,56,57)(H,58,59,60). The maximum Gasteiger partial charge on any atom is 0.294 e. The van der Waals surface area contributed by atoms with Crippen molar-refractivity contribution in [2.45, 2.75) is 14.7 Å². The summed E-state index contributed by atoms with van der Waals surface area (Å²) in [5, 5.41) is 0. The smallest absolute Gasteiger partial charge is 0.290 e. The fourth-order valence-electron chi connectivity index (χ4n) is 7.81. The molecule has 10 aromatic rings. The maximum atomic E-state index is 12.2. The predicted molar refractivity (Wildman–Crippen MR) is 236 cm³/mol. The molecule has 3 heterocycles. The molecule has 0 atom stereocenters. The Labute approximate surface area is 359 Å². The Balaban J connectivity index is 1.46. The van der Waals surface area contributed by atoms with E-state index >= 15 is 0 Å². The molecular weight excluding hydrogens is 865 g/mol. The van der Waals surface area contributed by atoms with Crippen LogP contribution in [-0.2, 0) is 30.4 Å². The molecule has 0 spiro atoms. The first-order valence-corrected chi connectivity index (χ1v) is 23.3. The SMILES string of the molecule is O=S(=O)(O)c1ccc(-n2c(-c3ccccc3)nc3c2c2nc(-c4ccccc4)n(-c4ccc(S(=O)(=O)O)cc4)c2c2nc(-c4ccccc4)n(-c4ccc(S(=O)(=O)O)cc4)c32)cc1. The highest BCUT2D eigenvalue weighted by Gasteiger charge is 2.31. The molecular formula is C45H30N6O9S3. The fraction of sp³-hybridized carbons (Fsp3) is 0. The lowest BCUT2D eigenvalue weighted by atomic mass is 10.1. The zero-order valence-electron chi connectivity index (χ0n) is 32.3. The third-order valence-corrected chi connectivity index (χ3v) is 13.2. The summed E-state index contributed by atoms with van der Waals surface area (Å²) in [6.07, 6.45) is 0. The van der Waals surface area contributed by atoms with Gasteiger partial charge >= 0.3 is 0 Å². The van der Waals surface area contributed by atoms with Gasteiger partial charge in [0.15, 0.2) is 0 Å². The van der Waals surface area contributed by atoms with Gasteiger partial charge in [-0.25, -0.2) is 15.0 Å². The van der Waals surface area contributed by atoms with E-state index < -0.39 is 30.4 Å². The Kier molecular flexibility index (Phi) is 9.26. The van der Waals surface area contributed by atoms with Crippen molar-refractivity contribution in [3.8, 4) is 51.2 Å². The summed E-state index contributed by atoms with van der Waals surface area (Å²) in [6, 6.07) is 44.7. The molecule has 10 rings (SSSR count). The minimum absolute atomic E-state index is 0.327. The molecule has 312 valence electrons. The normalized spacial score (nSPS) is 12.4. The van der Waals surface area contributed by atoms with Crippen LogP contribution in [0.5, 0.6) is 0 Å². The van der Waals surface area contributed by atoms with E-state index in [9.17, 15) is 38.9 Å². The van der Waals surface area contributed by atoms with Crippen molar-refractivity contribution in [1.82, 2.24) is 28.7 Å². The summed E-state index contributed by atoms with van der Waals surface area (Å²) in [5.74, 6) is 1.26. The van der Waals surface area contributed by atoms with Crippen LogP contribution in [-0.4, -0.2) is 67.6 Å². The van der Waals surface area contributed by atoms with Gasteiger partial charge in [-0.15, -0.1) is 0 Å². The molecule has 0 aliphatic carbocycles. The second-order valence-corrected chi connectivity index (χ2v) is 18.7. The highest BCUT2D eigenvalue weighted by Crippen LogP contribution is 2.44. The van der Waals surface area contributed by atoms with Gasteiger partial charge in [0.2, 0.25) is 0 Å². The molecule has 7 aromatic carbocycles. The van der Waals surface area contributed by atoms with Crippen molar-refractivity contribution in [2.24, 2.45) is 0 Å². The van der Waals surface area contributed by atoms with E-state index in [1.54, 1.807) is 0 Å². The van der Waals surface area contributed by atoms with Crippen LogP contribution in [0.15, 0.2) is 178 Å². The molecule has 0 saturated heterocycles. The molecule has 0 bridgehead atoms. The van der Waals surface area contributed by atoms with E-state index in [1.165, 1.54) is 72.8 Å². The van der Waals surface area contributed by atoms with E-state index in [1.807, 2.05) is 105 Å². The number of hydrogen-bond donors (Lipinski definition) is 3. The number of rotatable bonds is 9. The van der Waals surface area contributed by atoms with Crippen molar-refractivity contribution < 1.29 is 38.9 Å². The quantitative estimate of drug-likeness (QED) is 0.116. The fourth-order valence-corrected chi connectivity index (χ4v) is 9.25. The molecule has 0 fully saturated rings. The molecule has 18 heteroatoms. The van der Waals surface area contributed by atoms with Gasteiger partial charge in [-0.05, 0) is 72.8 Å². The molecule has 0 aliphatic rings. The summed E-state index contributed by atoms with van der Waals surface area (Å²) < 4.78 is 109. The first-order chi connectivity index (χ1) is 30.2. The van der Waals surface area contributed by atoms with Crippen LogP contribution in [0.1, 0.15) is 0 Å². The van der Waals surface area contributed by atoms with Crippen molar-refractivity contribution in [2.75, 3.05) is 0 Å². The third kappa shape index (κ3) is 6.86. The minimum atomic E-state index is -4.56. The van der Waals surface area contributed by atoms with Gasteiger partial charge in [0, 0.05) is 33.8 Å². The minimum Gasteiger partial charge on any atom is -0.290 e. The van der Waals surface area contributed by atoms with Crippen LogP contribution in [0.25, 0.3) is 84.3 Å². The Morgan fingerprint density at radius 1 is 0.317 bits per heavy atom. The zero-order valence-corrected chi connectivity index (χ0v) is 34.7. The van der Waals surface area contributed by atoms with E-state index in [0.29, 0.717) is 84.3 Å². The molecule has 0 aliphatic heterocycles. The lowest BCUT2D eigenvalue weighted by molar-refractivity contribution is 0.481. The van der Waals surface area contributed by atoms with Crippen LogP contribution in [0.3, 0.4) is 0 Å². The second-order valence-electron chi connectivity index (χ2n) is 14.4. The molecule has 15 nitrogen and oxygen atoms in total. The summed E-state index contributed by atoms with van der Waals surface area (Å²) >= 11 is 0. The average molecular weight is 895 g/mol. The Morgan fingerprint density at radius 2 is 0.540 bits per heavy atom. The van der Waals surface area contributed by atoms with Gasteiger partial charge in [-0.2, -0.15) is 25.3 Å². The Hall–Kier alpha value is -7.32. The van der Waals surface area contributed by atoms with Crippen molar-refractivity contribution in [1.29, 1.82) is 0 Å². The number of nitrogens with zero attached hydrogens (tertiary/aromatic N) is 6. The van der Waals surface area contributed by atoms with Gasteiger partial charge in [0.25, 0.3) is 30.4 Å². The van der Waals surface area contributed by atoms with E-state index in [-0.39, 0.29) is 14.7 Å². The molecule has 3 aromatic heterocycles. The summed E-state index contributed by atoms with van der Waals surface area (Å²) in [5.41, 5.74) is 5.83. The average Bonchev–Trinajstić information content (AvgIpc) is 3.99. The molecule has 3 N–H and O–H groups in total. The molecule has 0 amide bonds. The highest BCUT2D eigenvalue weighted by molar-refractivity contribution is 7.86. The number of imidazole rings is 3. The van der Waals surface area contributed by atoms with Gasteiger partial charge in [0.1, 0.15) is 50.6 Å². The van der Waals surface area contributed by atoms with E-state index in [0.717, 1.165) is 0 Å². The number of benzene rings is 7. The molecule has 63 heavy (non-hydrogen) atoms. The predicted octanol–water partition coefficient (Wildman–Crippen LogP) is 8.44. The first kappa shape index (κ1) is 39.8. The maximum absolute atomic E-state index is 12.2. The summed E-state index contributed by atoms with van der Waals surface area (Å²) in [4.78, 5) is 15.0. The number of hydrogen-bond acceptors (Lipinski definition) is 9. The monoisotopic (exact) mass is 894 g/mol. The van der Waals surface area contributed by atoms with Crippen LogP contribution in [0.2, 0.25) is 0 Å². The highest BCUT2D eigenvalue weighted by atomic mass is 32.2. The van der Waals surface area contributed by atoms with E-state index in [2.05, 4.69) is 0 Å². The Bertz CT molecular complexity index is 3340. The topological polar surface area (TPSA) is 217 Å². The summed E-state index contributed by atoms with van der Waals surface area (Å²) in [7, 11) is -13.7. The second kappa shape index (κ2) is 14.7. The molecule has 0 radical (unpaired) electrons. The summed E-state index contributed by atoms with van der Waals surface area (Å²) in [6.45, 7) is 0.